The van der Waals surface area contributed by atoms with Crippen LogP contribution in [0.2, 0.25) is 0 Å². The molecule has 0 spiro atoms. The Morgan fingerprint density at radius 3 is 1.89 bits per heavy atom. The van der Waals surface area contributed by atoms with Gasteiger partial charge >= 0.3 is 11.9 Å². The lowest BCUT2D eigenvalue weighted by molar-refractivity contribution is -0.293. The van der Waals surface area contributed by atoms with E-state index in [9.17, 15) is 9.59 Å². The van der Waals surface area contributed by atoms with Crippen molar-refractivity contribution in [3.05, 3.63) is 0 Å². The topological polar surface area (TPSA) is 71.1 Å². The van der Waals surface area contributed by atoms with E-state index in [1.165, 1.54) is 0 Å². The van der Waals surface area contributed by atoms with Gasteiger partial charge in [0.05, 0.1) is 23.5 Å². The molecule has 1 saturated heterocycles. The molecule has 7 heteroatoms. The fraction of sp³-hybridized carbons (Fsp3) is 0.905. The first-order valence-electron chi connectivity index (χ1n) is 10.1. The summed E-state index contributed by atoms with van der Waals surface area (Å²) in [5, 5.41) is 0.794. The number of carbonyl (C=O) groups is 2. The SMILES string of the molecule is CCC1OC(OCCCBr)C(OC(=O)C(C)(C)C)C(OC(=O)C(C)(C)C)C1C. The molecule has 0 N–H and O–H groups in total. The van der Waals surface area contributed by atoms with Crippen molar-refractivity contribution in [1.29, 1.82) is 0 Å². The molecule has 0 saturated carbocycles. The summed E-state index contributed by atoms with van der Waals surface area (Å²) in [6, 6.07) is 0. The second-order valence-electron chi connectivity index (χ2n) is 9.46. The first kappa shape index (κ1) is 25.4. The van der Waals surface area contributed by atoms with Crippen LogP contribution in [0.25, 0.3) is 0 Å². The van der Waals surface area contributed by atoms with E-state index in [4.69, 9.17) is 18.9 Å². The van der Waals surface area contributed by atoms with Gasteiger partial charge in [0.25, 0.3) is 0 Å². The summed E-state index contributed by atoms with van der Waals surface area (Å²) in [6.07, 6.45) is -0.848. The summed E-state index contributed by atoms with van der Waals surface area (Å²) < 4.78 is 23.7. The van der Waals surface area contributed by atoms with Crippen molar-refractivity contribution < 1.29 is 28.5 Å². The lowest BCUT2D eigenvalue weighted by atomic mass is 9.88. The average Bonchev–Trinajstić information content (AvgIpc) is 2.57. The van der Waals surface area contributed by atoms with Gasteiger partial charge in [-0.05, 0) is 54.4 Å². The summed E-state index contributed by atoms with van der Waals surface area (Å²) in [4.78, 5) is 25.2. The molecule has 0 bridgehead atoms. The molecule has 1 heterocycles. The van der Waals surface area contributed by atoms with Crippen molar-refractivity contribution in [3.8, 4) is 0 Å². The van der Waals surface area contributed by atoms with Gasteiger partial charge in [-0.15, -0.1) is 0 Å². The lowest BCUT2D eigenvalue weighted by Crippen LogP contribution is -2.58. The Morgan fingerprint density at radius 1 is 0.964 bits per heavy atom. The normalized spacial score (nSPS) is 28.7. The van der Waals surface area contributed by atoms with Crippen molar-refractivity contribution in [3.63, 3.8) is 0 Å². The highest BCUT2D eigenvalue weighted by Gasteiger charge is 2.49. The Bertz CT molecular complexity index is 522. The number of esters is 2. The highest BCUT2D eigenvalue weighted by Crippen LogP contribution is 2.35. The number of ether oxygens (including phenoxy) is 4. The molecule has 0 amide bonds. The van der Waals surface area contributed by atoms with Crippen LogP contribution in [-0.2, 0) is 28.5 Å². The molecule has 0 aliphatic carbocycles. The van der Waals surface area contributed by atoms with Crippen molar-refractivity contribution in [2.75, 3.05) is 11.9 Å². The van der Waals surface area contributed by atoms with Crippen LogP contribution in [0.4, 0.5) is 0 Å². The zero-order chi connectivity index (χ0) is 21.7. The highest BCUT2D eigenvalue weighted by molar-refractivity contribution is 9.09. The Labute approximate surface area is 178 Å². The third-order valence-corrected chi connectivity index (χ3v) is 5.24. The largest absolute Gasteiger partial charge is 0.457 e. The van der Waals surface area contributed by atoms with Crippen molar-refractivity contribution in [2.45, 2.75) is 92.8 Å². The van der Waals surface area contributed by atoms with Crippen LogP contribution < -0.4 is 0 Å². The predicted molar refractivity (Wildman–Crippen MR) is 111 cm³/mol. The number of halogens is 1. The maximum atomic E-state index is 12.6. The molecular formula is C21H37BrO6. The fourth-order valence-electron chi connectivity index (χ4n) is 2.79. The molecule has 5 unspecified atom stereocenters. The van der Waals surface area contributed by atoms with Crippen LogP contribution in [0, 0.1) is 16.7 Å². The minimum Gasteiger partial charge on any atom is -0.457 e. The van der Waals surface area contributed by atoms with Gasteiger partial charge in [0.15, 0.2) is 12.4 Å². The molecular weight excluding hydrogens is 428 g/mol. The zero-order valence-corrected chi connectivity index (χ0v) is 20.1. The number of rotatable bonds is 7. The van der Waals surface area contributed by atoms with Crippen molar-refractivity contribution in [2.24, 2.45) is 16.7 Å². The molecule has 28 heavy (non-hydrogen) atoms. The van der Waals surface area contributed by atoms with E-state index < -0.39 is 29.3 Å². The van der Waals surface area contributed by atoms with Crippen molar-refractivity contribution >= 4 is 27.9 Å². The number of hydrogen-bond acceptors (Lipinski definition) is 6. The molecule has 0 aromatic carbocycles. The van der Waals surface area contributed by atoms with E-state index in [0.717, 1.165) is 18.2 Å². The van der Waals surface area contributed by atoms with Gasteiger partial charge in [-0.25, -0.2) is 0 Å². The maximum absolute atomic E-state index is 12.6. The molecule has 6 nitrogen and oxygen atoms in total. The van der Waals surface area contributed by atoms with Crippen LogP contribution in [-0.4, -0.2) is 48.5 Å². The van der Waals surface area contributed by atoms with Crippen molar-refractivity contribution in [1.82, 2.24) is 0 Å². The molecule has 1 fully saturated rings. The second kappa shape index (κ2) is 10.4. The van der Waals surface area contributed by atoms with Gasteiger partial charge < -0.3 is 18.9 Å². The van der Waals surface area contributed by atoms with Gasteiger partial charge in [0.2, 0.25) is 0 Å². The Hall–Kier alpha value is -0.660. The number of carbonyl (C=O) groups excluding carboxylic acids is 2. The minimum absolute atomic E-state index is 0.134. The third kappa shape index (κ3) is 6.99. The molecule has 1 aliphatic heterocycles. The van der Waals surface area contributed by atoms with Gasteiger partial charge in [0, 0.05) is 11.2 Å². The molecule has 1 aliphatic rings. The maximum Gasteiger partial charge on any atom is 0.311 e. The van der Waals surface area contributed by atoms with Crippen LogP contribution >= 0.6 is 15.9 Å². The first-order chi connectivity index (χ1) is 12.8. The molecule has 164 valence electrons. The van der Waals surface area contributed by atoms with E-state index in [0.29, 0.717) is 6.61 Å². The molecule has 0 aromatic rings. The average molecular weight is 465 g/mol. The summed E-state index contributed by atoms with van der Waals surface area (Å²) in [5.74, 6) is -0.851. The molecule has 0 aromatic heterocycles. The highest BCUT2D eigenvalue weighted by atomic mass is 79.9. The Morgan fingerprint density at radius 2 is 1.46 bits per heavy atom. The standard InChI is InChI=1S/C21H37BrO6/c1-9-14-13(2)15(27-18(23)20(3,4)5)16(28-19(24)21(6,7)8)17(26-14)25-12-10-11-22/h13-17H,9-12H2,1-8H3. The van der Waals surface area contributed by atoms with E-state index in [2.05, 4.69) is 15.9 Å². The van der Waals surface area contributed by atoms with Crippen LogP contribution in [0.5, 0.6) is 0 Å². The number of hydrogen-bond donors (Lipinski definition) is 0. The van der Waals surface area contributed by atoms with Gasteiger partial charge in [0.1, 0.15) is 6.10 Å². The Kier molecular flexibility index (Phi) is 9.42. The van der Waals surface area contributed by atoms with E-state index in [1.54, 1.807) is 41.5 Å². The van der Waals surface area contributed by atoms with Crippen LogP contribution in [0.1, 0.15) is 68.2 Å². The molecule has 5 atom stereocenters. The minimum atomic E-state index is -0.814. The van der Waals surface area contributed by atoms with Crippen LogP contribution in [0.15, 0.2) is 0 Å². The quantitative estimate of drug-likeness (QED) is 0.314. The van der Waals surface area contributed by atoms with Gasteiger partial charge in [-0.2, -0.15) is 0 Å². The first-order valence-corrected chi connectivity index (χ1v) is 11.2. The van der Waals surface area contributed by atoms with E-state index in [-0.39, 0.29) is 24.0 Å². The summed E-state index contributed by atoms with van der Waals surface area (Å²) in [7, 11) is 0. The van der Waals surface area contributed by atoms with Gasteiger partial charge in [-0.1, -0.05) is 29.8 Å². The Balaban J connectivity index is 3.18. The lowest BCUT2D eigenvalue weighted by Gasteiger charge is -2.45. The van der Waals surface area contributed by atoms with Gasteiger partial charge in [-0.3, -0.25) is 9.59 Å². The summed E-state index contributed by atoms with van der Waals surface area (Å²) >= 11 is 3.38. The number of alkyl halides is 1. The van der Waals surface area contributed by atoms with Crippen LogP contribution in [0.3, 0.4) is 0 Å². The fourth-order valence-corrected chi connectivity index (χ4v) is 3.02. The summed E-state index contributed by atoms with van der Waals surface area (Å²) in [5.41, 5.74) is -1.35. The molecule has 1 rings (SSSR count). The third-order valence-electron chi connectivity index (χ3n) is 4.68. The predicted octanol–water partition coefficient (Wildman–Crippen LogP) is 4.47. The molecule has 0 radical (unpaired) electrons. The monoisotopic (exact) mass is 464 g/mol. The second-order valence-corrected chi connectivity index (χ2v) is 10.3. The van der Waals surface area contributed by atoms with E-state index >= 15 is 0 Å². The zero-order valence-electron chi connectivity index (χ0n) is 18.5. The smallest absolute Gasteiger partial charge is 0.311 e. The van der Waals surface area contributed by atoms with E-state index in [1.807, 2.05) is 13.8 Å². The summed E-state index contributed by atoms with van der Waals surface area (Å²) in [6.45, 7) is 15.2.